The standard InChI is InChI=1S/C24H18O11/c25-12-3-1-11(2-4-12)15-10-33-16-9-13(5-6-14(16)18(15)27)34-20-19(28)24(32)17(26)7-8-23(35-20,21(24)29)22(30)31/h1-10,19-21,25,28-29,32H,(H,30,31)/t19-,20+,21+,23-,24+/m0/s1. The molecule has 35 heavy (non-hydrogen) atoms. The molecule has 2 heterocycles. The number of phenolic OH excluding ortho intramolecular Hbond substituents is 1. The average Bonchev–Trinajstić information content (AvgIpc) is 2.83. The molecule has 0 amide bonds. The number of carboxylic acid groups (broad SMARTS) is 1. The molecule has 2 aromatic carbocycles. The van der Waals surface area contributed by atoms with Crippen LogP contribution in [0, 0.1) is 0 Å². The predicted molar refractivity (Wildman–Crippen MR) is 117 cm³/mol. The maximum atomic E-state index is 12.9. The maximum absolute atomic E-state index is 12.9. The lowest BCUT2D eigenvalue weighted by molar-refractivity contribution is -0.318. The Bertz CT molecular complexity index is 1440. The molecule has 1 saturated heterocycles. The van der Waals surface area contributed by atoms with Crippen LogP contribution >= 0.6 is 0 Å². The molecule has 0 unspecified atom stereocenters. The first kappa shape index (κ1) is 22.7. The van der Waals surface area contributed by atoms with Crippen LogP contribution in [-0.2, 0) is 14.3 Å². The third-order valence-corrected chi connectivity index (χ3v) is 6.23. The molecule has 11 nitrogen and oxygen atoms in total. The van der Waals surface area contributed by atoms with Gasteiger partial charge in [0.25, 0.3) is 0 Å². The third kappa shape index (κ3) is 3.25. The summed E-state index contributed by atoms with van der Waals surface area (Å²) in [5.41, 5.74) is -4.95. The van der Waals surface area contributed by atoms with Gasteiger partial charge in [0.2, 0.25) is 11.9 Å². The lowest BCUT2D eigenvalue weighted by atomic mass is 9.70. The largest absolute Gasteiger partial charge is 0.508 e. The number of phenols is 1. The first-order valence-corrected chi connectivity index (χ1v) is 10.3. The van der Waals surface area contributed by atoms with Crippen LogP contribution in [0.1, 0.15) is 0 Å². The van der Waals surface area contributed by atoms with Gasteiger partial charge in [0.1, 0.15) is 29.4 Å². The molecule has 1 aliphatic carbocycles. The summed E-state index contributed by atoms with van der Waals surface area (Å²) in [7, 11) is 0. The number of fused-ring (bicyclic) bond motifs is 3. The van der Waals surface area contributed by atoms with Gasteiger partial charge in [0, 0.05) is 6.07 Å². The van der Waals surface area contributed by atoms with Crippen LogP contribution in [0.2, 0.25) is 0 Å². The minimum atomic E-state index is -2.89. The first-order chi connectivity index (χ1) is 16.6. The van der Waals surface area contributed by atoms with Crippen LogP contribution < -0.4 is 10.2 Å². The van der Waals surface area contributed by atoms with Gasteiger partial charge < -0.3 is 39.4 Å². The Labute approximate surface area is 195 Å². The van der Waals surface area contributed by atoms with Crippen LogP contribution in [0.25, 0.3) is 22.1 Å². The number of hydrogen-bond acceptors (Lipinski definition) is 10. The Morgan fingerprint density at radius 2 is 1.77 bits per heavy atom. The number of ether oxygens (including phenoxy) is 2. The molecule has 2 bridgehead atoms. The molecule has 0 radical (unpaired) electrons. The number of rotatable bonds is 4. The van der Waals surface area contributed by atoms with E-state index in [0.29, 0.717) is 5.56 Å². The number of carbonyl (C=O) groups is 2. The monoisotopic (exact) mass is 482 g/mol. The van der Waals surface area contributed by atoms with Crippen LogP contribution in [0.3, 0.4) is 0 Å². The SMILES string of the molecule is O=C1C=C[C@]2(C(=O)O)O[C@@H](Oc3ccc4c(=O)c(-c5ccc(O)cc5)coc4c3)[C@H](O)[C@@]1(O)[C@@H]2O. The summed E-state index contributed by atoms with van der Waals surface area (Å²) < 4.78 is 16.4. The van der Waals surface area contributed by atoms with Gasteiger partial charge in [-0.05, 0) is 42.0 Å². The fraction of sp³-hybridized carbons (Fsp3) is 0.208. The van der Waals surface area contributed by atoms with Crippen molar-refractivity contribution in [2.75, 3.05) is 0 Å². The van der Waals surface area contributed by atoms with Crippen molar-refractivity contribution in [3.63, 3.8) is 0 Å². The van der Waals surface area contributed by atoms with E-state index in [2.05, 4.69) is 0 Å². The second-order valence-corrected chi connectivity index (χ2v) is 8.26. The summed E-state index contributed by atoms with van der Waals surface area (Å²) in [5.74, 6) is -2.83. The Balaban J connectivity index is 1.50. The van der Waals surface area contributed by atoms with E-state index in [0.717, 1.165) is 12.2 Å². The highest BCUT2D eigenvalue weighted by molar-refractivity contribution is 6.02. The Hall–Kier alpha value is -4.03. The number of aliphatic hydroxyl groups is 3. The molecule has 3 aromatic rings. The molecular formula is C24H18O11. The number of aliphatic carboxylic acids is 1. The predicted octanol–water partition coefficient (Wildman–Crippen LogP) is 0.316. The van der Waals surface area contributed by atoms with E-state index >= 15 is 0 Å². The number of hydrogen-bond donors (Lipinski definition) is 5. The van der Waals surface area contributed by atoms with Gasteiger partial charge in [-0.2, -0.15) is 0 Å². The molecule has 0 spiro atoms. The molecule has 1 aliphatic heterocycles. The van der Waals surface area contributed by atoms with Crippen LogP contribution in [-0.4, -0.2) is 67.0 Å². The normalized spacial score (nSPS) is 29.8. The molecule has 5 N–H and O–H groups in total. The summed E-state index contributed by atoms with van der Waals surface area (Å²) in [4.78, 5) is 37.1. The van der Waals surface area contributed by atoms with Gasteiger partial charge in [-0.25, -0.2) is 4.79 Å². The highest BCUT2D eigenvalue weighted by atomic mass is 16.7. The van der Waals surface area contributed by atoms with E-state index < -0.39 is 41.5 Å². The highest BCUT2D eigenvalue weighted by Gasteiger charge is 2.69. The van der Waals surface area contributed by atoms with Gasteiger partial charge in [0.15, 0.2) is 22.9 Å². The van der Waals surface area contributed by atoms with Gasteiger partial charge in [-0.15, -0.1) is 0 Å². The topological polar surface area (TPSA) is 184 Å². The smallest absolute Gasteiger partial charge is 0.343 e. The Kier molecular flexibility index (Phi) is 5.04. The number of carbonyl (C=O) groups excluding carboxylic acids is 1. The minimum absolute atomic E-state index is 0.0380. The summed E-state index contributed by atoms with van der Waals surface area (Å²) in [6.45, 7) is 0. The zero-order valence-electron chi connectivity index (χ0n) is 17.7. The number of aromatic hydroxyl groups is 1. The lowest BCUT2D eigenvalue weighted by Gasteiger charge is -2.51. The second-order valence-electron chi connectivity index (χ2n) is 8.26. The van der Waals surface area contributed by atoms with Crippen molar-refractivity contribution < 1.29 is 49.0 Å². The summed E-state index contributed by atoms with van der Waals surface area (Å²) in [6.07, 6.45) is -3.61. The van der Waals surface area contributed by atoms with Crippen LogP contribution in [0.5, 0.6) is 11.5 Å². The van der Waals surface area contributed by atoms with Crippen molar-refractivity contribution in [1.29, 1.82) is 0 Å². The zero-order chi connectivity index (χ0) is 25.1. The van der Waals surface area contributed by atoms with Crippen molar-refractivity contribution in [2.45, 2.75) is 29.7 Å². The summed E-state index contributed by atoms with van der Waals surface area (Å²) >= 11 is 0. The van der Waals surface area contributed by atoms with Gasteiger partial charge in [0.05, 0.1) is 10.9 Å². The molecule has 11 heteroatoms. The molecular weight excluding hydrogens is 464 g/mol. The van der Waals surface area contributed by atoms with Gasteiger partial charge in [-0.3, -0.25) is 9.59 Å². The fourth-order valence-electron chi connectivity index (χ4n) is 4.24. The van der Waals surface area contributed by atoms with Gasteiger partial charge in [-0.1, -0.05) is 12.1 Å². The minimum Gasteiger partial charge on any atom is -0.508 e. The molecule has 2 aliphatic rings. The number of ketones is 1. The molecule has 180 valence electrons. The molecule has 0 saturated carbocycles. The number of carboxylic acids is 1. The maximum Gasteiger partial charge on any atom is 0.343 e. The highest BCUT2D eigenvalue weighted by Crippen LogP contribution is 2.42. The van der Waals surface area contributed by atoms with E-state index in [4.69, 9.17) is 13.9 Å². The van der Waals surface area contributed by atoms with E-state index in [-0.39, 0.29) is 33.5 Å². The zero-order valence-corrected chi connectivity index (χ0v) is 17.7. The first-order valence-electron chi connectivity index (χ1n) is 10.3. The van der Waals surface area contributed by atoms with E-state index in [1.54, 1.807) is 12.1 Å². The molecule has 1 aromatic heterocycles. The fourth-order valence-corrected chi connectivity index (χ4v) is 4.24. The van der Waals surface area contributed by atoms with Gasteiger partial charge >= 0.3 is 5.97 Å². The van der Waals surface area contributed by atoms with Crippen molar-refractivity contribution in [2.24, 2.45) is 0 Å². The average molecular weight is 482 g/mol. The molecule has 5 rings (SSSR count). The quantitative estimate of drug-likeness (QED) is 0.345. The lowest BCUT2D eigenvalue weighted by Crippen LogP contribution is -2.77. The van der Waals surface area contributed by atoms with Crippen LogP contribution in [0.4, 0.5) is 0 Å². The number of benzene rings is 2. The second kappa shape index (κ2) is 7.75. The molecule has 1 fully saturated rings. The summed E-state index contributed by atoms with van der Waals surface area (Å²) in [6, 6.07) is 9.94. The van der Waals surface area contributed by atoms with E-state index in [9.17, 15) is 39.9 Å². The molecule has 5 atom stereocenters. The van der Waals surface area contributed by atoms with Crippen LogP contribution in [0.15, 0.2) is 70.1 Å². The third-order valence-electron chi connectivity index (χ3n) is 6.23. The van der Waals surface area contributed by atoms with E-state index in [1.807, 2.05) is 0 Å². The van der Waals surface area contributed by atoms with Crippen molar-refractivity contribution >= 4 is 22.7 Å². The van der Waals surface area contributed by atoms with Crippen molar-refractivity contribution in [3.05, 3.63) is 71.1 Å². The van der Waals surface area contributed by atoms with E-state index in [1.165, 1.54) is 36.6 Å². The Morgan fingerprint density at radius 3 is 2.46 bits per heavy atom. The summed E-state index contributed by atoms with van der Waals surface area (Å²) in [5, 5.41) is 51.0. The van der Waals surface area contributed by atoms with Crippen molar-refractivity contribution in [1.82, 2.24) is 0 Å². The number of aliphatic hydroxyl groups excluding tert-OH is 2. The Morgan fingerprint density at radius 1 is 1.06 bits per heavy atom. The van der Waals surface area contributed by atoms with Crippen molar-refractivity contribution in [3.8, 4) is 22.6 Å².